The normalized spacial score (nSPS) is 21.9. The molecule has 1 aliphatic rings. The first-order valence-electron chi connectivity index (χ1n) is 7.97. The van der Waals surface area contributed by atoms with E-state index >= 15 is 0 Å². The lowest BCUT2D eigenvalue weighted by molar-refractivity contribution is 0.203. The van der Waals surface area contributed by atoms with Crippen molar-refractivity contribution >= 4 is 0 Å². The number of aryl methyl sites for hydroxylation is 3. The molecule has 0 spiro atoms. The van der Waals surface area contributed by atoms with E-state index in [9.17, 15) is 0 Å². The van der Waals surface area contributed by atoms with Gasteiger partial charge in [0.15, 0.2) is 0 Å². The van der Waals surface area contributed by atoms with E-state index in [4.69, 9.17) is 0 Å². The molecule has 1 aliphatic heterocycles. The fourth-order valence-electron chi connectivity index (χ4n) is 3.76. The van der Waals surface area contributed by atoms with Crippen LogP contribution in [0.2, 0.25) is 0 Å². The molecule has 112 valence electrons. The number of hydrogen-bond donors (Lipinski definition) is 1. The lowest BCUT2D eigenvalue weighted by Gasteiger charge is -2.31. The molecule has 1 heterocycles. The monoisotopic (exact) mass is 274 g/mol. The summed E-state index contributed by atoms with van der Waals surface area (Å²) < 4.78 is 0. The van der Waals surface area contributed by atoms with Crippen molar-refractivity contribution in [1.29, 1.82) is 0 Å². The second-order valence-corrected chi connectivity index (χ2v) is 6.71. The molecule has 0 bridgehead atoms. The highest BCUT2D eigenvalue weighted by Gasteiger charge is 2.18. The number of benzene rings is 1. The summed E-state index contributed by atoms with van der Waals surface area (Å²) >= 11 is 0. The van der Waals surface area contributed by atoms with E-state index in [1.807, 2.05) is 0 Å². The van der Waals surface area contributed by atoms with Crippen molar-refractivity contribution < 1.29 is 0 Å². The minimum absolute atomic E-state index is 0.447. The molecule has 0 amide bonds. The van der Waals surface area contributed by atoms with Gasteiger partial charge in [-0.15, -0.1) is 0 Å². The summed E-state index contributed by atoms with van der Waals surface area (Å²) in [6, 6.07) is 5.05. The molecule has 2 nitrogen and oxygen atoms in total. The van der Waals surface area contributed by atoms with Gasteiger partial charge < -0.3 is 10.2 Å². The van der Waals surface area contributed by atoms with Crippen molar-refractivity contribution in [3.05, 3.63) is 34.4 Å². The zero-order valence-electron chi connectivity index (χ0n) is 13.8. The van der Waals surface area contributed by atoms with Crippen LogP contribution >= 0.6 is 0 Å². The average molecular weight is 274 g/mol. The van der Waals surface area contributed by atoms with Crippen LogP contribution in [0.4, 0.5) is 0 Å². The van der Waals surface area contributed by atoms with Gasteiger partial charge in [-0.1, -0.05) is 17.7 Å². The van der Waals surface area contributed by atoms with Crippen LogP contribution in [0.15, 0.2) is 12.1 Å². The highest BCUT2D eigenvalue weighted by molar-refractivity contribution is 5.39. The topological polar surface area (TPSA) is 15.3 Å². The maximum atomic E-state index is 3.76. The molecule has 2 atom stereocenters. The van der Waals surface area contributed by atoms with E-state index in [-0.39, 0.29) is 0 Å². The van der Waals surface area contributed by atoms with Crippen molar-refractivity contribution in [3.8, 4) is 0 Å². The Morgan fingerprint density at radius 3 is 2.50 bits per heavy atom. The fourth-order valence-corrected chi connectivity index (χ4v) is 3.76. The number of piperidine rings is 1. The highest BCUT2D eigenvalue weighted by Crippen LogP contribution is 2.24. The van der Waals surface area contributed by atoms with Gasteiger partial charge in [-0.05, 0) is 83.3 Å². The van der Waals surface area contributed by atoms with Crippen LogP contribution in [0.1, 0.15) is 48.1 Å². The Hall–Kier alpha value is -0.860. The van der Waals surface area contributed by atoms with Crippen molar-refractivity contribution in [2.45, 2.75) is 46.6 Å². The number of nitrogens with one attached hydrogen (secondary N) is 1. The summed E-state index contributed by atoms with van der Waals surface area (Å²) in [7, 11) is 2.24. The van der Waals surface area contributed by atoms with E-state index in [2.05, 4.69) is 57.1 Å². The van der Waals surface area contributed by atoms with Crippen molar-refractivity contribution in [2.24, 2.45) is 5.92 Å². The molecule has 0 aliphatic carbocycles. The van der Waals surface area contributed by atoms with E-state index in [1.54, 1.807) is 0 Å². The Morgan fingerprint density at radius 1 is 1.25 bits per heavy atom. The minimum Gasteiger partial charge on any atom is -0.310 e. The third-order valence-corrected chi connectivity index (χ3v) is 4.61. The molecule has 1 fully saturated rings. The summed E-state index contributed by atoms with van der Waals surface area (Å²) in [5.41, 5.74) is 5.69. The zero-order valence-corrected chi connectivity index (χ0v) is 13.8. The van der Waals surface area contributed by atoms with Crippen LogP contribution in [0, 0.1) is 26.7 Å². The second kappa shape index (κ2) is 6.73. The maximum Gasteiger partial charge on any atom is 0.0297 e. The Balaban J connectivity index is 1.96. The summed E-state index contributed by atoms with van der Waals surface area (Å²) in [5.74, 6) is 0.808. The van der Waals surface area contributed by atoms with Crippen LogP contribution in [-0.2, 0) is 0 Å². The summed E-state index contributed by atoms with van der Waals surface area (Å²) in [5, 5.41) is 3.76. The second-order valence-electron chi connectivity index (χ2n) is 6.71. The first-order chi connectivity index (χ1) is 9.47. The van der Waals surface area contributed by atoms with Crippen LogP contribution in [0.5, 0.6) is 0 Å². The Bertz CT molecular complexity index is 430. The van der Waals surface area contributed by atoms with E-state index < -0.39 is 0 Å². The number of hydrogen-bond acceptors (Lipinski definition) is 2. The molecular formula is C18H30N2. The smallest absolute Gasteiger partial charge is 0.0297 e. The van der Waals surface area contributed by atoms with Gasteiger partial charge in [0.2, 0.25) is 0 Å². The molecule has 1 saturated heterocycles. The van der Waals surface area contributed by atoms with Crippen LogP contribution in [-0.4, -0.2) is 31.6 Å². The molecule has 0 saturated carbocycles. The standard InChI is InChI=1S/C18H30N2/c1-13-9-14(2)18(15(3)10-13)16(4)19-11-17-7-6-8-20(5)12-17/h9-10,16-17,19H,6-8,11-12H2,1-5H3. The first kappa shape index (κ1) is 15.5. The predicted molar refractivity (Wildman–Crippen MR) is 87.3 cm³/mol. The lowest BCUT2D eigenvalue weighted by Crippen LogP contribution is -2.38. The summed E-state index contributed by atoms with van der Waals surface area (Å²) in [6.07, 6.45) is 2.72. The number of nitrogens with zero attached hydrogens (tertiary/aromatic N) is 1. The molecule has 2 unspecified atom stereocenters. The largest absolute Gasteiger partial charge is 0.310 e. The van der Waals surface area contributed by atoms with Crippen LogP contribution in [0.3, 0.4) is 0 Å². The van der Waals surface area contributed by atoms with Crippen molar-refractivity contribution in [3.63, 3.8) is 0 Å². The average Bonchev–Trinajstić information content (AvgIpc) is 2.35. The van der Waals surface area contributed by atoms with Crippen LogP contribution in [0.25, 0.3) is 0 Å². The molecule has 2 heteroatoms. The minimum atomic E-state index is 0.447. The Labute approximate surface area is 124 Å². The molecule has 2 rings (SSSR count). The number of rotatable bonds is 4. The SMILES string of the molecule is Cc1cc(C)c(C(C)NCC2CCCN(C)C2)c(C)c1. The van der Waals surface area contributed by atoms with E-state index in [0.29, 0.717) is 6.04 Å². The third-order valence-electron chi connectivity index (χ3n) is 4.61. The summed E-state index contributed by atoms with van der Waals surface area (Å²) in [6.45, 7) is 12.6. The van der Waals surface area contributed by atoms with Crippen molar-refractivity contribution in [1.82, 2.24) is 10.2 Å². The van der Waals surface area contributed by atoms with Gasteiger partial charge in [0.05, 0.1) is 0 Å². The fraction of sp³-hybridized carbons (Fsp3) is 0.667. The quantitative estimate of drug-likeness (QED) is 0.902. The molecular weight excluding hydrogens is 244 g/mol. The molecule has 1 aromatic rings. The molecule has 0 radical (unpaired) electrons. The lowest BCUT2D eigenvalue weighted by atomic mass is 9.93. The maximum absolute atomic E-state index is 3.76. The predicted octanol–water partition coefficient (Wildman–Crippen LogP) is 3.60. The van der Waals surface area contributed by atoms with Gasteiger partial charge in [0.1, 0.15) is 0 Å². The Morgan fingerprint density at radius 2 is 1.90 bits per heavy atom. The van der Waals surface area contributed by atoms with Gasteiger partial charge in [-0.25, -0.2) is 0 Å². The molecule has 20 heavy (non-hydrogen) atoms. The van der Waals surface area contributed by atoms with Gasteiger partial charge in [0.25, 0.3) is 0 Å². The van der Waals surface area contributed by atoms with Gasteiger partial charge in [-0.2, -0.15) is 0 Å². The third kappa shape index (κ3) is 3.83. The number of likely N-dealkylation sites (tertiary alicyclic amines) is 1. The van der Waals surface area contributed by atoms with Crippen LogP contribution < -0.4 is 5.32 Å². The van der Waals surface area contributed by atoms with E-state index in [1.165, 1.54) is 48.2 Å². The van der Waals surface area contributed by atoms with Crippen molar-refractivity contribution in [2.75, 3.05) is 26.7 Å². The highest BCUT2D eigenvalue weighted by atomic mass is 15.1. The molecule has 1 N–H and O–H groups in total. The molecule has 0 aromatic heterocycles. The van der Waals surface area contributed by atoms with E-state index in [0.717, 1.165) is 12.5 Å². The zero-order chi connectivity index (χ0) is 14.7. The van der Waals surface area contributed by atoms with Gasteiger partial charge in [0, 0.05) is 12.6 Å². The Kier molecular flexibility index (Phi) is 5.22. The molecule has 1 aromatic carbocycles. The van der Waals surface area contributed by atoms with Gasteiger partial charge in [-0.3, -0.25) is 0 Å². The summed E-state index contributed by atoms with van der Waals surface area (Å²) in [4.78, 5) is 2.46. The van der Waals surface area contributed by atoms with Gasteiger partial charge >= 0.3 is 0 Å². The first-order valence-corrected chi connectivity index (χ1v) is 7.97.